The van der Waals surface area contributed by atoms with Gasteiger partial charge in [-0.15, -0.1) is 22.7 Å². The van der Waals surface area contributed by atoms with Crippen LogP contribution in [-0.4, -0.2) is 47.3 Å². The van der Waals surface area contributed by atoms with Gasteiger partial charge in [-0.1, -0.05) is 0 Å². The van der Waals surface area contributed by atoms with E-state index in [1.807, 2.05) is 11.3 Å². The van der Waals surface area contributed by atoms with Crippen molar-refractivity contribution >= 4 is 44.1 Å². The number of hydrogen-bond donors (Lipinski definition) is 1. The number of thiophene rings is 2. The molecule has 2 aliphatic rings. The van der Waals surface area contributed by atoms with Crippen molar-refractivity contribution in [2.45, 2.75) is 76.2 Å². The molecule has 2 fully saturated rings. The van der Waals surface area contributed by atoms with Crippen molar-refractivity contribution in [1.29, 1.82) is 0 Å². The Morgan fingerprint density at radius 3 is 2.76 bits per heavy atom. The number of nitrogens with one attached hydrogen (secondary N) is 1. The van der Waals surface area contributed by atoms with Crippen LogP contribution in [0.4, 0.5) is 9.18 Å². The monoisotopic (exact) mass is 438 g/mol. The van der Waals surface area contributed by atoms with Gasteiger partial charge in [-0.2, -0.15) is 0 Å². The molecule has 2 aromatic heterocycles. The van der Waals surface area contributed by atoms with Crippen molar-refractivity contribution in [3.8, 4) is 0 Å². The molecule has 158 valence electrons. The SMILES string of the molecule is CC(C)(C)OC(=O)N1CC(F)CC1C(=O)NC1CCC(c2cc3sccc3s2)C1. The Kier molecular flexibility index (Phi) is 5.59. The van der Waals surface area contributed by atoms with Gasteiger partial charge in [0, 0.05) is 26.7 Å². The Hall–Kier alpha value is -1.67. The van der Waals surface area contributed by atoms with Gasteiger partial charge in [0.1, 0.15) is 17.8 Å². The Morgan fingerprint density at radius 2 is 2.03 bits per heavy atom. The van der Waals surface area contributed by atoms with Gasteiger partial charge in [-0.25, -0.2) is 9.18 Å². The van der Waals surface area contributed by atoms with Crippen LogP contribution in [0.25, 0.3) is 9.40 Å². The molecule has 1 saturated heterocycles. The molecule has 8 heteroatoms. The zero-order valence-electron chi connectivity index (χ0n) is 16.9. The van der Waals surface area contributed by atoms with E-state index in [1.165, 1.54) is 19.2 Å². The van der Waals surface area contributed by atoms with Crippen LogP contribution in [0.15, 0.2) is 17.5 Å². The lowest BCUT2D eigenvalue weighted by Crippen LogP contribution is -2.49. The zero-order valence-corrected chi connectivity index (χ0v) is 18.6. The Morgan fingerprint density at radius 1 is 1.24 bits per heavy atom. The lowest BCUT2D eigenvalue weighted by atomic mass is 10.1. The molecule has 4 unspecified atom stereocenters. The van der Waals surface area contributed by atoms with Crippen LogP contribution >= 0.6 is 22.7 Å². The van der Waals surface area contributed by atoms with Gasteiger partial charge in [0.2, 0.25) is 5.91 Å². The van der Waals surface area contributed by atoms with Gasteiger partial charge < -0.3 is 10.1 Å². The first-order valence-electron chi connectivity index (χ1n) is 10.1. The topological polar surface area (TPSA) is 58.6 Å². The van der Waals surface area contributed by atoms with Crippen LogP contribution in [-0.2, 0) is 9.53 Å². The molecule has 0 aromatic carbocycles. The van der Waals surface area contributed by atoms with E-state index in [9.17, 15) is 14.0 Å². The van der Waals surface area contributed by atoms with E-state index in [0.29, 0.717) is 5.92 Å². The number of fused-ring (bicyclic) bond motifs is 1. The number of hydrogen-bond acceptors (Lipinski definition) is 5. The maximum absolute atomic E-state index is 14.0. The highest BCUT2D eigenvalue weighted by Crippen LogP contribution is 2.41. The molecule has 1 aliphatic heterocycles. The Labute approximate surface area is 178 Å². The molecule has 0 bridgehead atoms. The van der Waals surface area contributed by atoms with E-state index in [1.54, 1.807) is 32.1 Å². The smallest absolute Gasteiger partial charge is 0.411 e. The summed E-state index contributed by atoms with van der Waals surface area (Å²) in [7, 11) is 0. The molecule has 29 heavy (non-hydrogen) atoms. The predicted molar refractivity (Wildman–Crippen MR) is 114 cm³/mol. The number of carbonyl (C=O) groups excluding carboxylic acids is 2. The highest BCUT2D eigenvalue weighted by Gasteiger charge is 2.42. The van der Waals surface area contributed by atoms with E-state index in [4.69, 9.17) is 4.74 Å². The summed E-state index contributed by atoms with van der Waals surface area (Å²) in [6.45, 7) is 5.19. The number of likely N-dealkylation sites (tertiary alicyclic amines) is 1. The van der Waals surface area contributed by atoms with Crippen LogP contribution in [0.3, 0.4) is 0 Å². The number of halogens is 1. The summed E-state index contributed by atoms with van der Waals surface area (Å²) in [4.78, 5) is 27.9. The standard InChI is InChI=1S/C21H27FN2O3S2/c1-21(2,3)27-20(26)24-11-13(22)9-15(24)19(25)23-14-5-4-12(8-14)17-10-18-16(29-17)6-7-28-18/h6-7,10,12-15H,4-5,8-9,11H2,1-3H3,(H,23,25). The number of rotatable bonds is 3. The minimum absolute atomic E-state index is 0.0302. The molecule has 1 saturated carbocycles. The minimum atomic E-state index is -1.20. The fourth-order valence-electron chi connectivity index (χ4n) is 4.21. The molecule has 1 N–H and O–H groups in total. The largest absolute Gasteiger partial charge is 0.444 e. The summed E-state index contributed by atoms with van der Waals surface area (Å²) >= 11 is 3.59. The first-order chi connectivity index (χ1) is 13.7. The highest BCUT2D eigenvalue weighted by molar-refractivity contribution is 7.26. The van der Waals surface area contributed by atoms with E-state index in [-0.39, 0.29) is 24.9 Å². The Balaban J connectivity index is 1.36. The molecule has 1 aliphatic carbocycles. The molecule has 2 aromatic rings. The summed E-state index contributed by atoms with van der Waals surface area (Å²) in [5.74, 6) is 0.179. The lowest BCUT2D eigenvalue weighted by Gasteiger charge is -2.28. The maximum Gasteiger partial charge on any atom is 0.411 e. The predicted octanol–water partition coefficient (Wildman–Crippen LogP) is 5.06. The second-order valence-electron chi connectivity index (χ2n) is 8.99. The van der Waals surface area contributed by atoms with E-state index in [0.717, 1.165) is 19.3 Å². The Bertz CT molecular complexity index is 875. The normalized spacial score (nSPS) is 27.5. The highest BCUT2D eigenvalue weighted by atomic mass is 32.1. The minimum Gasteiger partial charge on any atom is -0.444 e. The third-order valence-electron chi connectivity index (χ3n) is 5.52. The van der Waals surface area contributed by atoms with Crippen molar-refractivity contribution in [3.05, 3.63) is 22.4 Å². The number of nitrogens with zero attached hydrogens (tertiary/aromatic N) is 1. The van der Waals surface area contributed by atoms with Crippen LogP contribution in [0.1, 0.15) is 57.2 Å². The number of amides is 2. The number of ether oxygens (including phenoxy) is 1. The summed E-state index contributed by atoms with van der Waals surface area (Å²) in [5.41, 5.74) is -0.681. The van der Waals surface area contributed by atoms with Crippen molar-refractivity contribution in [2.75, 3.05) is 6.54 Å². The lowest BCUT2D eigenvalue weighted by molar-refractivity contribution is -0.126. The van der Waals surface area contributed by atoms with Crippen molar-refractivity contribution < 1.29 is 18.7 Å². The molecule has 4 rings (SSSR count). The third kappa shape index (κ3) is 4.58. The summed E-state index contributed by atoms with van der Waals surface area (Å²) < 4.78 is 22.0. The van der Waals surface area contributed by atoms with Crippen LogP contribution in [0.5, 0.6) is 0 Å². The van der Waals surface area contributed by atoms with Gasteiger partial charge in [0.25, 0.3) is 0 Å². The maximum atomic E-state index is 14.0. The van der Waals surface area contributed by atoms with E-state index in [2.05, 4.69) is 22.8 Å². The van der Waals surface area contributed by atoms with Crippen LogP contribution in [0, 0.1) is 0 Å². The fraction of sp³-hybridized carbons (Fsp3) is 0.619. The first-order valence-corrected chi connectivity index (χ1v) is 11.8. The molecular formula is C21H27FN2O3S2. The summed E-state index contributed by atoms with van der Waals surface area (Å²) in [6.07, 6.45) is 1.03. The second-order valence-corrected chi connectivity index (χ2v) is 11.1. The molecule has 2 amide bonds. The second kappa shape index (κ2) is 7.87. The van der Waals surface area contributed by atoms with Crippen molar-refractivity contribution in [2.24, 2.45) is 0 Å². The average molecular weight is 439 g/mol. The molecule has 3 heterocycles. The van der Waals surface area contributed by atoms with E-state index >= 15 is 0 Å². The molecule has 0 spiro atoms. The van der Waals surface area contributed by atoms with Gasteiger partial charge in [0.15, 0.2) is 0 Å². The van der Waals surface area contributed by atoms with Gasteiger partial charge in [-0.05, 0) is 63.5 Å². The number of carbonyl (C=O) groups is 2. The quantitative estimate of drug-likeness (QED) is 0.728. The fourth-order valence-corrected chi connectivity index (χ4v) is 6.48. The van der Waals surface area contributed by atoms with Gasteiger partial charge in [-0.3, -0.25) is 9.69 Å². The van der Waals surface area contributed by atoms with Crippen LogP contribution in [0.2, 0.25) is 0 Å². The van der Waals surface area contributed by atoms with Crippen molar-refractivity contribution in [1.82, 2.24) is 10.2 Å². The molecule has 5 nitrogen and oxygen atoms in total. The molecule has 4 atom stereocenters. The number of alkyl halides is 1. The van der Waals surface area contributed by atoms with Crippen LogP contribution < -0.4 is 5.32 Å². The zero-order chi connectivity index (χ0) is 20.8. The van der Waals surface area contributed by atoms with Crippen molar-refractivity contribution in [3.63, 3.8) is 0 Å². The summed E-state index contributed by atoms with van der Waals surface area (Å²) in [5, 5.41) is 5.18. The van der Waals surface area contributed by atoms with Gasteiger partial charge in [0.05, 0.1) is 6.54 Å². The average Bonchev–Trinajstić information content (AvgIpc) is 3.34. The molecular weight excluding hydrogens is 411 g/mol. The van der Waals surface area contributed by atoms with Gasteiger partial charge >= 0.3 is 6.09 Å². The first kappa shape index (κ1) is 20.6. The molecule has 0 radical (unpaired) electrons. The van der Waals surface area contributed by atoms with E-state index < -0.39 is 23.9 Å². The third-order valence-corrected chi connectivity index (χ3v) is 7.78. The summed E-state index contributed by atoms with van der Waals surface area (Å²) in [6, 6.07) is 3.69.